The van der Waals surface area contributed by atoms with Crippen LogP contribution in [-0.2, 0) is 0 Å². The van der Waals surface area contributed by atoms with Crippen LogP contribution in [0.1, 0.15) is 32.9 Å². The number of allylic oxidation sites excluding steroid dienone is 4. The molecule has 1 aromatic heterocycles. The van der Waals surface area contributed by atoms with Crippen molar-refractivity contribution < 1.29 is 0 Å². The van der Waals surface area contributed by atoms with Crippen molar-refractivity contribution in [2.45, 2.75) is 27.2 Å². The Labute approximate surface area is 91.6 Å². The molecule has 0 atom stereocenters. The van der Waals surface area contributed by atoms with E-state index < -0.39 is 0 Å². The Kier molecular flexibility index (Phi) is 2.47. The SMILES string of the molecule is CC(C)(C)C1=C(c2ccccn2)CC=C1. The lowest BCUT2D eigenvalue weighted by molar-refractivity contribution is 0.520. The zero-order valence-corrected chi connectivity index (χ0v) is 9.62. The summed E-state index contributed by atoms with van der Waals surface area (Å²) >= 11 is 0. The zero-order chi connectivity index (χ0) is 10.9. The summed E-state index contributed by atoms with van der Waals surface area (Å²) in [6, 6.07) is 6.10. The molecule has 0 unspecified atom stereocenters. The second kappa shape index (κ2) is 3.65. The third-order valence-corrected chi connectivity index (χ3v) is 2.71. The molecule has 0 spiro atoms. The molecule has 1 aliphatic carbocycles. The molecule has 0 bridgehead atoms. The van der Waals surface area contributed by atoms with E-state index in [9.17, 15) is 0 Å². The van der Waals surface area contributed by atoms with E-state index >= 15 is 0 Å². The van der Waals surface area contributed by atoms with Crippen LogP contribution in [0.5, 0.6) is 0 Å². The predicted molar refractivity (Wildman–Crippen MR) is 64.4 cm³/mol. The molecule has 2 rings (SSSR count). The van der Waals surface area contributed by atoms with E-state index in [0.29, 0.717) is 0 Å². The molecule has 0 amide bonds. The molecule has 1 nitrogen and oxygen atoms in total. The third-order valence-electron chi connectivity index (χ3n) is 2.71. The fraction of sp³-hybridized carbons (Fsp3) is 0.357. The first kappa shape index (κ1) is 10.2. The van der Waals surface area contributed by atoms with Gasteiger partial charge in [0.1, 0.15) is 0 Å². The molecule has 1 heterocycles. The molecule has 0 aromatic carbocycles. The van der Waals surface area contributed by atoms with Gasteiger partial charge in [-0.1, -0.05) is 39.0 Å². The van der Waals surface area contributed by atoms with E-state index in [1.54, 1.807) is 0 Å². The van der Waals surface area contributed by atoms with Crippen LogP contribution in [0.15, 0.2) is 42.1 Å². The van der Waals surface area contributed by atoms with Crippen LogP contribution < -0.4 is 0 Å². The van der Waals surface area contributed by atoms with E-state index in [-0.39, 0.29) is 5.41 Å². The molecule has 0 radical (unpaired) electrons. The molecule has 15 heavy (non-hydrogen) atoms. The lowest BCUT2D eigenvalue weighted by Gasteiger charge is -2.21. The summed E-state index contributed by atoms with van der Waals surface area (Å²) in [6.45, 7) is 6.75. The number of aromatic nitrogens is 1. The fourth-order valence-corrected chi connectivity index (χ4v) is 1.99. The van der Waals surface area contributed by atoms with Gasteiger partial charge in [-0.2, -0.15) is 0 Å². The first-order valence-electron chi connectivity index (χ1n) is 5.40. The summed E-state index contributed by atoms with van der Waals surface area (Å²) in [5.41, 5.74) is 4.12. The topological polar surface area (TPSA) is 12.9 Å². The van der Waals surface area contributed by atoms with Crippen LogP contribution in [-0.4, -0.2) is 4.98 Å². The van der Waals surface area contributed by atoms with Gasteiger partial charge < -0.3 is 0 Å². The molecule has 1 aromatic rings. The van der Waals surface area contributed by atoms with E-state index in [0.717, 1.165) is 12.1 Å². The molecular formula is C14H17N. The Morgan fingerprint density at radius 3 is 2.60 bits per heavy atom. The van der Waals surface area contributed by atoms with Crippen molar-refractivity contribution in [3.8, 4) is 0 Å². The summed E-state index contributed by atoms with van der Waals surface area (Å²) in [6.07, 6.45) is 7.35. The summed E-state index contributed by atoms with van der Waals surface area (Å²) in [7, 11) is 0. The van der Waals surface area contributed by atoms with Crippen molar-refractivity contribution in [3.63, 3.8) is 0 Å². The van der Waals surface area contributed by atoms with Gasteiger partial charge in [0.2, 0.25) is 0 Å². The van der Waals surface area contributed by atoms with Gasteiger partial charge in [0.25, 0.3) is 0 Å². The number of rotatable bonds is 1. The highest BCUT2D eigenvalue weighted by molar-refractivity contribution is 5.73. The maximum Gasteiger partial charge on any atom is 0.0667 e. The van der Waals surface area contributed by atoms with Crippen molar-refractivity contribution >= 4 is 5.57 Å². The average molecular weight is 199 g/mol. The van der Waals surface area contributed by atoms with Crippen LogP contribution in [0, 0.1) is 5.41 Å². The van der Waals surface area contributed by atoms with Crippen LogP contribution in [0.4, 0.5) is 0 Å². The minimum Gasteiger partial charge on any atom is -0.257 e. The van der Waals surface area contributed by atoms with Crippen molar-refractivity contribution in [2.24, 2.45) is 5.41 Å². The minimum absolute atomic E-state index is 0.208. The van der Waals surface area contributed by atoms with Crippen molar-refractivity contribution in [1.82, 2.24) is 4.98 Å². The summed E-state index contributed by atoms with van der Waals surface area (Å²) in [4.78, 5) is 4.43. The van der Waals surface area contributed by atoms with Gasteiger partial charge in [0.15, 0.2) is 0 Å². The summed E-state index contributed by atoms with van der Waals surface area (Å²) in [5.74, 6) is 0. The van der Waals surface area contributed by atoms with Gasteiger partial charge >= 0.3 is 0 Å². The average Bonchev–Trinajstić information content (AvgIpc) is 2.67. The highest BCUT2D eigenvalue weighted by Crippen LogP contribution is 2.38. The van der Waals surface area contributed by atoms with Gasteiger partial charge in [0, 0.05) is 6.20 Å². The normalized spacial score (nSPS) is 16.2. The number of hydrogen-bond acceptors (Lipinski definition) is 1. The van der Waals surface area contributed by atoms with Gasteiger partial charge in [0.05, 0.1) is 5.69 Å². The van der Waals surface area contributed by atoms with Gasteiger partial charge in [-0.05, 0) is 35.1 Å². The molecule has 0 saturated heterocycles. The Bertz CT molecular complexity index is 405. The minimum atomic E-state index is 0.208. The maximum absolute atomic E-state index is 4.43. The second-order valence-corrected chi connectivity index (χ2v) is 4.96. The molecular weight excluding hydrogens is 182 g/mol. The smallest absolute Gasteiger partial charge is 0.0667 e. The van der Waals surface area contributed by atoms with E-state index in [4.69, 9.17) is 0 Å². The van der Waals surface area contributed by atoms with Crippen LogP contribution in [0.25, 0.3) is 5.57 Å². The fourth-order valence-electron chi connectivity index (χ4n) is 1.99. The highest BCUT2D eigenvalue weighted by Gasteiger charge is 2.22. The quantitative estimate of drug-likeness (QED) is 0.669. The van der Waals surface area contributed by atoms with E-state index in [1.807, 2.05) is 18.3 Å². The van der Waals surface area contributed by atoms with Crippen molar-refractivity contribution in [1.29, 1.82) is 0 Å². The lowest BCUT2D eigenvalue weighted by Crippen LogP contribution is -2.08. The van der Waals surface area contributed by atoms with E-state index in [1.165, 1.54) is 11.1 Å². The standard InChI is InChI=1S/C14H17N/c1-14(2,3)12-8-6-7-11(12)13-9-4-5-10-15-13/h4-6,8-10H,7H2,1-3H3. The van der Waals surface area contributed by atoms with Gasteiger partial charge in [-0.15, -0.1) is 0 Å². The summed E-state index contributed by atoms with van der Waals surface area (Å²) < 4.78 is 0. The van der Waals surface area contributed by atoms with Crippen LogP contribution in [0.2, 0.25) is 0 Å². The van der Waals surface area contributed by atoms with Crippen molar-refractivity contribution in [2.75, 3.05) is 0 Å². The monoisotopic (exact) mass is 199 g/mol. The molecule has 0 N–H and O–H groups in total. The Morgan fingerprint density at radius 1 is 1.20 bits per heavy atom. The molecule has 1 heteroatoms. The maximum atomic E-state index is 4.43. The predicted octanol–water partition coefficient (Wildman–Crippen LogP) is 3.84. The van der Waals surface area contributed by atoms with Gasteiger partial charge in [-0.3, -0.25) is 4.98 Å². The first-order chi connectivity index (χ1) is 7.09. The molecule has 0 aliphatic heterocycles. The number of pyridine rings is 1. The molecule has 0 fully saturated rings. The van der Waals surface area contributed by atoms with Crippen LogP contribution >= 0.6 is 0 Å². The van der Waals surface area contributed by atoms with Crippen LogP contribution in [0.3, 0.4) is 0 Å². The lowest BCUT2D eigenvalue weighted by atomic mass is 9.84. The second-order valence-electron chi connectivity index (χ2n) is 4.96. The highest BCUT2D eigenvalue weighted by atomic mass is 14.7. The van der Waals surface area contributed by atoms with Crippen molar-refractivity contribution in [3.05, 3.63) is 47.8 Å². The molecule has 78 valence electrons. The van der Waals surface area contributed by atoms with Gasteiger partial charge in [-0.25, -0.2) is 0 Å². The Hall–Kier alpha value is -1.37. The summed E-state index contributed by atoms with van der Waals surface area (Å²) in [5, 5.41) is 0. The largest absolute Gasteiger partial charge is 0.257 e. The Balaban J connectivity index is 2.46. The molecule has 0 saturated carbocycles. The van der Waals surface area contributed by atoms with E-state index in [2.05, 4.69) is 44.0 Å². The molecule has 1 aliphatic rings. The first-order valence-corrected chi connectivity index (χ1v) is 5.40. The third kappa shape index (κ3) is 2.01. The Morgan fingerprint density at radius 2 is 2.00 bits per heavy atom. The number of nitrogens with zero attached hydrogens (tertiary/aromatic N) is 1. The zero-order valence-electron chi connectivity index (χ0n) is 9.62. The number of hydrogen-bond donors (Lipinski definition) is 0.